The van der Waals surface area contributed by atoms with Gasteiger partial charge in [-0.25, -0.2) is 0 Å². The fourth-order valence-corrected chi connectivity index (χ4v) is 3.82. The number of rotatable bonds is 8. The van der Waals surface area contributed by atoms with Crippen molar-refractivity contribution in [2.45, 2.75) is 26.7 Å². The molecule has 0 amide bonds. The van der Waals surface area contributed by atoms with E-state index in [-0.39, 0.29) is 11.9 Å². The van der Waals surface area contributed by atoms with Crippen LogP contribution in [0.4, 0.5) is 0 Å². The number of esters is 1. The lowest BCUT2D eigenvalue weighted by Gasteiger charge is -2.31. The van der Waals surface area contributed by atoms with Crippen LogP contribution in [0.15, 0.2) is 60.9 Å². The summed E-state index contributed by atoms with van der Waals surface area (Å²) >= 11 is 0. The van der Waals surface area contributed by atoms with Crippen molar-refractivity contribution in [1.29, 1.82) is 0 Å². The highest BCUT2D eigenvalue weighted by atomic mass is 16.5. The lowest BCUT2D eigenvalue weighted by molar-refractivity contribution is -0.150. The summed E-state index contributed by atoms with van der Waals surface area (Å²) in [6, 6.07) is 18.7. The van der Waals surface area contributed by atoms with Crippen LogP contribution in [-0.4, -0.2) is 43.7 Å². The quantitative estimate of drug-likeness (QED) is 0.371. The molecule has 1 heterocycles. The summed E-state index contributed by atoms with van der Waals surface area (Å²) in [4.78, 5) is 14.3. The molecule has 0 radical (unpaired) electrons. The highest BCUT2D eigenvalue weighted by molar-refractivity contribution is 5.80. The van der Waals surface area contributed by atoms with Crippen LogP contribution in [0, 0.1) is 12.8 Å². The number of piperidine rings is 1. The Labute approximate surface area is 174 Å². The van der Waals surface area contributed by atoms with Crippen molar-refractivity contribution < 1.29 is 14.3 Å². The molecule has 2 aromatic rings. The summed E-state index contributed by atoms with van der Waals surface area (Å²) in [6.45, 7) is 7.60. The Bertz CT molecular complexity index is 816. The predicted octanol–water partition coefficient (Wildman–Crippen LogP) is 4.68. The average molecular weight is 394 g/mol. The molecule has 0 aromatic heterocycles. The van der Waals surface area contributed by atoms with Crippen LogP contribution in [0.25, 0.3) is 5.57 Å². The molecule has 1 fully saturated rings. The van der Waals surface area contributed by atoms with Crippen molar-refractivity contribution in [1.82, 2.24) is 4.90 Å². The number of ether oxygens (including phenoxy) is 2. The number of benzene rings is 2. The summed E-state index contributed by atoms with van der Waals surface area (Å²) in [5.41, 5.74) is 4.63. The summed E-state index contributed by atoms with van der Waals surface area (Å²) in [6.07, 6.45) is 3.82. The normalized spacial score (nSPS) is 17.7. The van der Waals surface area contributed by atoms with Crippen LogP contribution < -0.4 is 0 Å². The lowest BCUT2D eigenvalue weighted by Crippen LogP contribution is -2.40. The van der Waals surface area contributed by atoms with Gasteiger partial charge in [0.15, 0.2) is 0 Å². The molecule has 4 nitrogen and oxygen atoms in total. The monoisotopic (exact) mass is 393 g/mol. The van der Waals surface area contributed by atoms with E-state index < -0.39 is 0 Å². The van der Waals surface area contributed by atoms with Crippen LogP contribution in [-0.2, 0) is 14.3 Å². The predicted molar refractivity (Wildman–Crippen MR) is 116 cm³/mol. The average Bonchev–Trinajstić information content (AvgIpc) is 2.76. The van der Waals surface area contributed by atoms with Crippen molar-refractivity contribution in [3.63, 3.8) is 0 Å². The molecule has 2 aromatic carbocycles. The Morgan fingerprint density at radius 1 is 1.14 bits per heavy atom. The van der Waals surface area contributed by atoms with E-state index in [1.165, 1.54) is 11.1 Å². The van der Waals surface area contributed by atoms with Crippen LogP contribution in [0.5, 0.6) is 0 Å². The third kappa shape index (κ3) is 5.94. The van der Waals surface area contributed by atoms with Gasteiger partial charge in [-0.1, -0.05) is 54.6 Å². The maximum atomic E-state index is 12.0. The molecule has 1 aliphatic rings. The van der Waals surface area contributed by atoms with Gasteiger partial charge in [0.2, 0.25) is 0 Å². The van der Waals surface area contributed by atoms with Gasteiger partial charge >= 0.3 is 5.97 Å². The number of carbonyl (C=O) groups excluding carboxylic acids is 1. The van der Waals surface area contributed by atoms with Gasteiger partial charge in [-0.05, 0) is 49.9 Å². The van der Waals surface area contributed by atoms with E-state index in [0.717, 1.165) is 43.6 Å². The number of aryl methyl sites for hydroxylation is 1. The molecule has 0 spiro atoms. The number of likely N-dealkylation sites (tertiary alicyclic amines) is 1. The van der Waals surface area contributed by atoms with E-state index >= 15 is 0 Å². The molecular weight excluding hydrogens is 362 g/mol. The first-order valence-electron chi connectivity index (χ1n) is 10.5. The lowest BCUT2D eigenvalue weighted by atomic mass is 9.95. The molecule has 0 N–H and O–H groups in total. The third-order valence-corrected chi connectivity index (χ3v) is 5.37. The van der Waals surface area contributed by atoms with Gasteiger partial charge in [-0.2, -0.15) is 0 Å². The maximum Gasteiger partial charge on any atom is 0.310 e. The van der Waals surface area contributed by atoms with Crippen LogP contribution in [0.3, 0.4) is 0 Å². The zero-order valence-corrected chi connectivity index (χ0v) is 17.5. The standard InChI is InChI=1S/C25H31NO3/c1-3-29-25(27)22-13-9-15-26(18-22)16-17-28-19-24(21-11-5-4-6-12-21)23-14-8-7-10-20(23)2/h4-8,10-12,14,19,22H,3,9,13,15-18H2,1-2H3/t22-/m1/s1. The van der Waals surface area contributed by atoms with Crippen LogP contribution in [0.1, 0.15) is 36.5 Å². The fourth-order valence-electron chi connectivity index (χ4n) is 3.82. The molecule has 0 saturated carbocycles. The first-order valence-corrected chi connectivity index (χ1v) is 10.5. The summed E-state index contributed by atoms with van der Waals surface area (Å²) in [7, 11) is 0. The van der Waals surface area contributed by atoms with Crippen molar-refractivity contribution in [2.24, 2.45) is 5.92 Å². The molecule has 154 valence electrons. The topological polar surface area (TPSA) is 38.8 Å². The molecule has 0 bridgehead atoms. The first kappa shape index (κ1) is 21.1. The number of hydrogen-bond donors (Lipinski definition) is 0. The van der Waals surface area contributed by atoms with Crippen molar-refractivity contribution in [2.75, 3.05) is 32.8 Å². The minimum atomic E-state index is -0.0658. The van der Waals surface area contributed by atoms with Crippen molar-refractivity contribution in [3.05, 3.63) is 77.5 Å². The second-order valence-corrected chi connectivity index (χ2v) is 7.48. The summed E-state index contributed by atoms with van der Waals surface area (Å²) < 4.78 is 11.2. The van der Waals surface area contributed by atoms with Gasteiger partial charge in [0.05, 0.1) is 18.8 Å². The molecule has 1 atom stereocenters. The molecular formula is C25H31NO3. The highest BCUT2D eigenvalue weighted by Crippen LogP contribution is 2.26. The Kier molecular flexibility index (Phi) is 7.88. The molecule has 0 unspecified atom stereocenters. The Balaban J connectivity index is 1.62. The number of hydrogen-bond acceptors (Lipinski definition) is 4. The maximum absolute atomic E-state index is 12.0. The third-order valence-electron chi connectivity index (χ3n) is 5.37. The van der Waals surface area contributed by atoms with Gasteiger partial charge < -0.3 is 9.47 Å². The van der Waals surface area contributed by atoms with E-state index in [0.29, 0.717) is 13.2 Å². The van der Waals surface area contributed by atoms with Crippen molar-refractivity contribution in [3.8, 4) is 0 Å². The largest absolute Gasteiger partial charge is 0.499 e. The number of carbonyl (C=O) groups is 1. The zero-order valence-electron chi connectivity index (χ0n) is 17.5. The smallest absolute Gasteiger partial charge is 0.310 e. The van der Waals surface area contributed by atoms with Gasteiger partial charge in [-0.3, -0.25) is 9.69 Å². The van der Waals surface area contributed by atoms with E-state index in [1.807, 2.05) is 31.4 Å². The summed E-state index contributed by atoms with van der Waals surface area (Å²) in [5, 5.41) is 0. The Morgan fingerprint density at radius 3 is 2.66 bits per heavy atom. The van der Waals surface area contributed by atoms with Gasteiger partial charge in [0.1, 0.15) is 6.61 Å². The van der Waals surface area contributed by atoms with E-state index in [1.54, 1.807) is 0 Å². The Hall–Kier alpha value is -2.59. The van der Waals surface area contributed by atoms with Gasteiger partial charge in [-0.15, -0.1) is 0 Å². The molecule has 3 rings (SSSR count). The molecule has 1 aliphatic heterocycles. The Morgan fingerprint density at radius 2 is 1.90 bits per heavy atom. The molecule has 0 aliphatic carbocycles. The van der Waals surface area contributed by atoms with Crippen molar-refractivity contribution >= 4 is 11.5 Å². The SMILES string of the molecule is CCOC(=O)[C@@H]1CCCN(CCOC=C(c2ccccc2)c2ccccc2C)C1. The van der Waals surface area contributed by atoms with E-state index in [4.69, 9.17) is 9.47 Å². The zero-order chi connectivity index (χ0) is 20.5. The summed E-state index contributed by atoms with van der Waals surface area (Å²) in [5.74, 6) is -0.0741. The second kappa shape index (κ2) is 10.8. The van der Waals surface area contributed by atoms with Gasteiger partial charge in [0.25, 0.3) is 0 Å². The first-order chi connectivity index (χ1) is 14.2. The number of nitrogens with zero attached hydrogens (tertiary/aromatic N) is 1. The second-order valence-electron chi connectivity index (χ2n) is 7.48. The molecule has 29 heavy (non-hydrogen) atoms. The fraction of sp³-hybridized carbons (Fsp3) is 0.400. The minimum Gasteiger partial charge on any atom is -0.499 e. The van der Waals surface area contributed by atoms with E-state index in [2.05, 4.69) is 48.2 Å². The minimum absolute atomic E-state index is 0.00825. The van der Waals surface area contributed by atoms with Gasteiger partial charge in [0, 0.05) is 18.7 Å². The van der Waals surface area contributed by atoms with Crippen LogP contribution >= 0.6 is 0 Å². The molecule has 4 heteroatoms. The highest BCUT2D eigenvalue weighted by Gasteiger charge is 2.26. The van der Waals surface area contributed by atoms with E-state index in [9.17, 15) is 4.79 Å². The molecule has 1 saturated heterocycles. The van der Waals surface area contributed by atoms with Crippen LogP contribution in [0.2, 0.25) is 0 Å².